The third-order valence-corrected chi connectivity index (χ3v) is 5.69. The van der Waals surface area contributed by atoms with Crippen LogP contribution in [0.2, 0.25) is 0 Å². The summed E-state index contributed by atoms with van der Waals surface area (Å²) in [5.74, 6) is 1.26. The number of hydrogen-bond acceptors (Lipinski definition) is 7. The average Bonchev–Trinajstić information content (AvgIpc) is 3.36. The van der Waals surface area contributed by atoms with Gasteiger partial charge in [-0.15, -0.1) is 0 Å². The molecule has 0 N–H and O–H groups in total. The summed E-state index contributed by atoms with van der Waals surface area (Å²) >= 11 is 1.43. The lowest BCUT2D eigenvalue weighted by molar-refractivity contribution is 0.0975. The number of aromatic nitrogens is 3. The maximum Gasteiger partial charge on any atom is 0.278 e. The van der Waals surface area contributed by atoms with Crippen molar-refractivity contribution in [3.05, 3.63) is 30.1 Å². The number of nitrogens with zero attached hydrogens (tertiary/aromatic N) is 5. The number of hydrogen-bond donors (Lipinski definition) is 0. The topological polar surface area (TPSA) is 72.7 Å². The van der Waals surface area contributed by atoms with Gasteiger partial charge in [0.2, 0.25) is 0 Å². The predicted molar refractivity (Wildman–Crippen MR) is 115 cm³/mol. The first-order valence-corrected chi connectivity index (χ1v) is 10.3. The molecule has 0 spiro atoms. The third kappa shape index (κ3) is 4.35. The molecule has 1 aromatic carbocycles. The summed E-state index contributed by atoms with van der Waals surface area (Å²) < 4.78 is 13.5. The highest BCUT2D eigenvalue weighted by Gasteiger charge is 2.25. The van der Waals surface area contributed by atoms with Gasteiger partial charge in [-0.05, 0) is 52.2 Å². The minimum absolute atomic E-state index is 0.111. The van der Waals surface area contributed by atoms with Crippen LogP contribution in [0.1, 0.15) is 23.8 Å². The lowest BCUT2D eigenvalue weighted by atomic mass is 10.3. The normalized spacial score (nSPS) is 11.2. The molecule has 3 aromatic rings. The molecule has 29 heavy (non-hydrogen) atoms. The van der Waals surface area contributed by atoms with E-state index >= 15 is 0 Å². The fourth-order valence-corrected chi connectivity index (χ4v) is 4.22. The summed E-state index contributed by atoms with van der Waals surface area (Å²) in [5.41, 5.74) is 1.25. The molecule has 156 valence electrons. The Bertz CT molecular complexity index is 941. The van der Waals surface area contributed by atoms with E-state index in [9.17, 15) is 4.79 Å². The van der Waals surface area contributed by atoms with E-state index in [0.717, 1.165) is 17.7 Å². The third-order valence-electron chi connectivity index (χ3n) is 4.60. The van der Waals surface area contributed by atoms with Crippen molar-refractivity contribution in [1.29, 1.82) is 0 Å². The molecule has 1 amide bonds. The van der Waals surface area contributed by atoms with Gasteiger partial charge < -0.3 is 14.4 Å². The Labute approximate surface area is 174 Å². The summed E-state index contributed by atoms with van der Waals surface area (Å²) in [6.45, 7) is 4.01. The van der Waals surface area contributed by atoms with Crippen molar-refractivity contribution in [1.82, 2.24) is 19.7 Å². The fourth-order valence-electron chi connectivity index (χ4n) is 3.12. The van der Waals surface area contributed by atoms with E-state index in [-0.39, 0.29) is 5.91 Å². The second-order valence-electron chi connectivity index (χ2n) is 6.79. The molecule has 0 aliphatic heterocycles. The lowest BCUT2D eigenvalue weighted by Gasteiger charge is -2.21. The van der Waals surface area contributed by atoms with Gasteiger partial charge in [-0.25, -0.2) is 4.98 Å². The van der Waals surface area contributed by atoms with Crippen molar-refractivity contribution in [3.63, 3.8) is 0 Å². The molecule has 0 aliphatic carbocycles. The Balaban J connectivity index is 2.04. The van der Waals surface area contributed by atoms with E-state index < -0.39 is 0 Å². The van der Waals surface area contributed by atoms with Gasteiger partial charge in [0.05, 0.1) is 14.2 Å². The van der Waals surface area contributed by atoms with E-state index in [4.69, 9.17) is 14.5 Å². The van der Waals surface area contributed by atoms with Crippen LogP contribution in [0.5, 0.6) is 11.5 Å². The number of anilines is 1. The smallest absolute Gasteiger partial charge is 0.278 e. The Morgan fingerprint density at radius 2 is 1.86 bits per heavy atom. The van der Waals surface area contributed by atoms with Crippen molar-refractivity contribution in [2.75, 3.05) is 46.3 Å². The zero-order valence-corrected chi connectivity index (χ0v) is 18.3. The van der Waals surface area contributed by atoms with E-state index in [2.05, 4.69) is 10.00 Å². The van der Waals surface area contributed by atoms with Crippen LogP contribution in [0, 0.1) is 0 Å². The highest BCUT2D eigenvalue weighted by Crippen LogP contribution is 2.40. The molecule has 2 aromatic heterocycles. The second kappa shape index (κ2) is 9.23. The number of methoxy groups -OCH3 is 2. The van der Waals surface area contributed by atoms with E-state index in [0.29, 0.717) is 40.9 Å². The van der Waals surface area contributed by atoms with E-state index in [1.807, 2.05) is 33.2 Å². The first-order valence-electron chi connectivity index (χ1n) is 9.50. The van der Waals surface area contributed by atoms with Gasteiger partial charge in [-0.1, -0.05) is 11.3 Å². The first-order chi connectivity index (χ1) is 14.0. The van der Waals surface area contributed by atoms with Crippen molar-refractivity contribution in [2.45, 2.75) is 19.9 Å². The minimum atomic E-state index is -0.111. The molecule has 0 aliphatic rings. The van der Waals surface area contributed by atoms with Gasteiger partial charge in [0.25, 0.3) is 5.91 Å². The number of thiazole rings is 1. The largest absolute Gasteiger partial charge is 0.495 e. The van der Waals surface area contributed by atoms with Crippen LogP contribution in [0.15, 0.2) is 24.4 Å². The number of aryl methyl sites for hydroxylation is 1. The maximum atomic E-state index is 13.4. The van der Waals surface area contributed by atoms with Crippen molar-refractivity contribution in [2.24, 2.45) is 0 Å². The highest BCUT2D eigenvalue weighted by molar-refractivity contribution is 7.22. The van der Waals surface area contributed by atoms with Crippen molar-refractivity contribution >= 4 is 32.6 Å². The lowest BCUT2D eigenvalue weighted by Crippen LogP contribution is -2.34. The molecule has 0 fully saturated rings. The Morgan fingerprint density at radius 3 is 2.52 bits per heavy atom. The van der Waals surface area contributed by atoms with Crippen molar-refractivity contribution < 1.29 is 14.3 Å². The standard InChI is InChI=1S/C20H27N5O3S/c1-6-25-14(10-11-21-25)19(26)24(13-7-12-23(2)3)20-22-17-15(27-4)8-9-16(28-5)18(17)29-20/h8-11H,6-7,12-13H2,1-5H3. The van der Waals surface area contributed by atoms with Crippen LogP contribution < -0.4 is 14.4 Å². The number of carbonyl (C=O) groups excluding carboxylic acids is 1. The molecule has 3 rings (SSSR count). The van der Waals surface area contributed by atoms with Crippen LogP contribution in [0.25, 0.3) is 10.2 Å². The van der Waals surface area contributed by atoms with Crippen LogP contribution in [-0.2, 0) is 6.54 Å². The Hall–Kier alpha value is -2.65. The summed E-state index contributed by atoms with van der Waals surface area (Å²) in [4.78, 5) is 22.0. The monoisotopic (exact) mass is 417 g/mol. The Kier molecular flexibility index (Phi) is 6.71. The summed E-state index contributed by atoms with van der Waals surface area (Å²) in [6, 6.07) is 5.43. The molecule has 2 heterocycles. The van der Waals surface area contributed by atoms with Gasteiger partial charge in [0.1, 0.15) is 27.4 Å². The van der Waals surface area contributed by atoms with Crippen molar-refractivity contribution in [3.8, 4) is 11.5 Å². The highest BCUT2D eigenvalue weighted by atomic mass is 32.1. The van der Waals surface area contributed by atoms with Crippen LogP contribution in [0.4, 0.5) is 5.13 Å². The number of benzene rings is 1. The van der Waals surface area contributed by atoms with Gasteiger partial charge in [0.15, 0.2) is 5.13 Å². The quantitative estimate of drug-likeness (QED) is 0.533. The minimum Gasteiger partial charge on any atom is -0.495 e. The number of ether oxygens (including phenoxy) is 2. The van der Waals surface area contributed by atoms with Crippen LogP contribution in [-0.4, -0.2) is 67.0 Å². The first kappa shape index (κ1) is 21.1. The summed E-state index contributed by atoms with van der Waals surface area (Å²) in [6.07, 6.45) is 2.47. The van der Waals surface area contributed by atoms with Gasteiger partial charge in [-0.3, -0.25) is 14.4 Å². The summed E-state index contributed by atoms with van der Waals surface area (Å²) in [5, 5.41) is 4.86. The molecule has 0 saturated heterocycles. The maximum absolute atomic E-state index is 13.4. The molecule has 8 nitrogen and oxygen atoms in total. The number of amides is 1. The van der Waals surface area contributed by atoms with E-state index in [1.165, 1.54) is 11.3 Å². The number of carbonyl (C=O) groups is 1. The molecule has 0 atom stereocenters. The molecule has 0 saturated carbocycles. The zero-order chi connectivity index (χ0) is 21.0. The molecular weight excluding hydrogens is 390 g/mol. The zero-order valence-electron chi connectivity index (χ0n) is 17.5. The molecule has 9 heteroatoms. The fraction of sp³-hybridized carbons (Fsp3) is 0.450. The average molecular weight is 418 g/mol. The predicted octanol–water partition coefficient (Wildman–Crippen LogP) is 3.13. The van der Waals surface area contributed by atoms with Gasteiger partial charge in [0, 0.05) is 19.3 Å². The van der Waals surface area contributed by atoms with Gasteiger partial charge >= 0.3 is 0 Å². The van der Waals surface area contributed by atoms with Crippen LogP contribution >= 0.6 is 11.3 Å². The molecular formula is C20H27N5O3S. The molecule has 0 unspecified atom stereocenters. The van der Waals surface area contributed by atoms with Gasteiger partial charge in [-0.2, -0.15) is 5.10 Å². The number of rotatable bonds is 9. The van der Waals surface area contributed by atoms with Crippen LogP contribution in [0.3, 0.4) is 0 Å². The summed E-state index contributed by atoms with van der Waals surface area (Å²) in [7, 11) is 7.28. The Morgan fingerprint density at radius 1 is 1.14 bits per heavy atom. The molecule has 0 bridgehead atoms. The number of fused-ring (bicyclic) bond motifs is 1. The second-order valence-corrected chi connectivity index (χ2v) is 7.77. The molecule has 0 radical (unpaired) electrons. The van der Waals surface area contributed by atoms with E-state index in [1.54, 1.807) is 36.1 Å². The SMILES string of the molecule is CCn1nccc1C(=O)N(CCCN(C)C)c1nc2c(OC)ccc(OC)c2s1.